The summed E-state index contributed by atoms with van der Waals surface area (Å²) in [5.74, 6) is -0.254. The van der Waals surface area contributed by atoms with Crippen LogP contribution in [0, 0.1) is 14.3 Å². The van der Waals surface area contributed by atoms with Gasteiger partial charge in [-0.2, -0.15) is 0 Å². The summed E-state index contributed by atoms with van der Waals surface area (Å²) in [6, 6.07) is 4.34. The number of aliphatic carboxylic acids is 1. The Morgan fingerprint density at radius 3 is 2.17 bits per heavy atom. The molecule has 0 bridgehead atoms. The van der Waals surface area contributed by atoms with Crippen molar-refractivity contribution in [3.8, 4) is 17.2 Å². The summed E-state index contributed by atoms with van der Waals surface area (Å²) in [5.41, 5.74) is 0.396. The molecule has 0 saturated carbocycles. The summed E-state index contributed by atoms with van der Waals surface area (Å²) in [6.07, 6.45) is -0.323. The van der Waals surface area contributed by atoms with Gasteiger partial charge in [-0.25, -0.2) is 0 Å². The van der Waals surface area contributed by atoms with Crippen LogP contribution in [0.1, 0.15) is 6.93 Å². The summed E-state index contributed by atoms with van der Waals surface area (Å²) in [7, 11) is 0. The highest BCUT2D eigenvalue weighted by Crippen LogP contribution is 2.36. The lowest BCUT2D eigenvalue weighted by Gasteiger charge is -2.14. The third-order valence-electron chi connectivity index (χ3n) is 2.89. The molecule has 0 amide bonds. The van der Waals surface area contributed by atoms with Gasteiger partial charge in [-0.3, -0.25) is 4.79 Å². The van der Waals surface area contributed by atoms with Crippen molar-refractivity contribution in [3.05, 3.63) is 44.1 Å². The molecule has 1 atom stereocenters. The fraction of sp³-hybridized carbons (Fsp3) is 0.133. The number of carboxylic acid groups (broad SMARTS) is 1. The van der Waals surface area contributed by atoms with Crippen LogP contribution in [0.2, 0.25) is 2.82 Å². The van der Waals surface area contributed by atoms with Crippen LogP contribution in [0.15, 0.2) is 24.3 Å². The molecule has 0 spiro atoms. The predicted octanol–water partition coefficient (Wildman–Crippen LogP) is 4.56. The van der Waals surface area contributed by atoms with Gasteiger partial charge < -0.3 is 20.7 Å². The number of hydrogen-bond donors (Lipinski definition) is 3. The lowest BCUT2D eigenvalue weighted by atomic mass is 10.1. The Labute approximate surface area is 197 Å². The van der Waals surface area contributed by atoms with E-state index in [0.29, 0.717) is 31.3 Å². The first-order valence-corrected chi connectivity index (χ1v) is 10.6. The first-order chi connectivity index (χ1) is 12.5. The number of ether oxygens (including phenoxy) is 1. The van der Waals surface area contributed by atoms with Crippen molar-refractivity contribution in [2.45, 2.75) is 12.4 Å². The van der Waals surface area contributed by atoms with E-state index in [2.05, 4.69) is 0 Å². The van der Waals surface area contributed by atoms with Crippen LogP contribution in [-0.2, 0) is 11.2 Å². The highest BCUT2D eigenvalue weighted by atomic mass is 127. The maximum atomic E-state index is 11.3. The lowest BCUT2D eigenvalue weighted by molar-refractivity contribution is -0.138. The summed E-state index contributed by atoms with van der Waals surface area (Å²) in [6.45, 7) is 0. The van der Waals surface area contributed by atoms with Crippen LogP contribution in [0.25, 0.3) is 0 Å². The van der Waals surface area contributed by atoms with Crippen molar-refractivity contribution >= 4 is 96.3 Å². The average molecular weight is 783 g/mol. The predicted molar refractivity (Wildman–Crippen MR) is 125 cm³/mol. The normalized spacial score (nSPS) is 15.3. The summed E-state index contributed by atoms with van der Waals surface area (Å²) >= 11 is 8.12. The number of hydrogen-bond acceptors (Lipinski definition) is 4. The molecular formula is C15H11I4NO4. The minimum atomic E-state index is -2.41. The summed E-state index contributed by atoms with van der Waals surface area (Å²) in [5, 5.41) is 19.1. The minimum absolute atomic E-state index is 0.111. The van der Waals surface area contributed by atoms with E-state index in [1.165, 1.54) is 0 Å². The van der Waals surface area contributed by atoms with E-state index >= 15 is 0 Å². The van der Waals surface area contributed by atoms with Gasteiger partial charge >= 0.3 is 5.97 Å². The van der Waals surface area contributed by atoms with Gasteiger partial charge in [-0.05, 0) is 127 Å². The van der Waals surface area contributed by atoms with Crippen molar-refractivity contribution in [1.82, 2.24) is 0 Å². The molecule has 5 nitrogen and oxygen atoms in total. The van der Waals surface area contributed by atoms with Crippen molar-refractivity contribution in [1.29, 1.82) is 0 Å². The number of phenolic OH excluding ortho intramolecular Hbond substituents is 1. The van der Waals surface area contributed by atoms with E-state index < -0.39 is 12.0 Å². The molecular weight excluding hydrogens is 766 g/mol. The minimum Gasteiger partial charge on any atom is -0.506 e. The molecule has 0 heterocycles. The molecule has 0 radical (unpaired) electrons. The van der Waals surface area contributed by atoms with Crippen molar-refractivity contribution in [2.75, 3.05) is 0 Å². The molecule has 0 unspecified atom stereocenters. The zero-order valence-electron chi connectivity index (χ0n) is 14.7. The number of carboxylic acids is 1. The molecule has 0 fully saturated rings. The molecule has 0 aliphatic heterocycles. The summed E-state index contributed by atoms with van der Waals surface area (Å²) in [4.78, 5) is 11.3. The first-order valence-electron chi connectivity index (χ1n) is 7.70. The quantitative estimate of drug-likeness (QED) is 0.375. The van der Waals surface area contributed by atoms with E-state index in [1.54, 1.807) is 24.3 Å². The topological polar surface area (TPSA) is 92.8 Å². The number of halogens is 4. The van der Waals surface area contributed by atoms with Gasteiger partial charge in [-0.1, -0.05) is 0 Å². The highest BCUT2D eigenvalue weighted by Gasteiger charge is 2.16. The maximum Gasteiger partial charge on any atom is 0.320 e. The van der Waals surface area contributed by atoms with E-state index in [4.69, 9.17) is 8.93 Å². The molecule has 128 valence electrons. The highest BCUT2D eigenvalue weighted by molar-refractivity contribution is 14.1. The Balaban J connectivity index is 2.36. The van der Waals surface area contributed by atoms with Crippen LogP contribution in [-0.4, -0.2) is 22.2 Å². The second-order valence-electron chi connectivity index (χ2n) is 4.65. The summed E-state index contributed by atoms with van der Waals surface area (Å²) < 4.78 is 31.1. The van der Waals surface area contributed by atoms with Gasteiger partial charge in [-0.15, -0.1) is 0 Å². The zero-order chi connectivity index (χ0) is 20.5. The van der Waals surface area contributed by atoms with Crippen molar-refractivity contribution in [2.24, 2.45) is 5.72 Å². The fourth-order valence-corrected chi connectivity index (χ4v) is 5.63. The largest absolute Gasteiger partial charge is 0.506 e. The molecule has 0 aliphatic rings. The number of aromatic hydroxyl groups is 1. The zero-order valence-corrected chi connectivity index (χ0v) is 20.3. The molecule has 9 heteroatoms. The molecule has 0 aromatic heterocycles. The molecule has 4 N–H and O–H groups in total. The third-order valence-corrected chi connectivity index (χ3v) is 6.13. The molecule has 2 rings (SSSR count). The van der Waals surface area contributed by atoms with Crippen LogP contribution in [0.5, 0.6) is 17.2 Å². The first kappa shape index (κ1) is 16.6. The Bertz CT molecular complexity index is 853. The number of carbonyl (C=O) groups is 1. The van der Waals surface area contributed by atoms with E-state index in [9.17, 15) is 15.0 Å². The molecule has 0 aliphatic carbocycles. The van der Waals surface area contributed by atoms with Crippen molar-refractivity contribution in [3.63, 3.8) is 0 Å². The third kappa shape index (κ3) is 5.20. The Morgan fingerprint density at radius 2 is 1.71 bits per heavy atom. The maximum absolute atomic E-state index is 11.3. The lowest BCUT2D eigenvalue weighted by Crippen LogP contribution is -2.32. The van der Waals surface area contributed by atoms with Gasteiger partial charge in [0.15, 0.2) is 5.75 Å². The van der Waals surface area contributed by atoms with E-state index in [0.717, 1.165) is 0 Å². The number of nitrogens with two attached hydrogens (primary N) is 1. The van der Waals surface area contributed by atoms with Gasteiger partial charge in [0.1, 0.15) is 20.3 Å². The van der Waals surface area contributed by atoms with Gasteiger partial charge in [0.2, 0.25) is 0 Å². The second-order valence-corrected chi connectivity index (χ2v) is 9.30. The SMILES string of the molecule is [3H]N([3H])[C@@]([3H])(Cc1cc(I)c(Oc2cc(I)c(O)c(I)c2)c(I)c1)C(=O)O. The van der Waals surface area contributed by atoms with E-state index in [1.807, 2.05) is 90.4 Å². The van der Waals surface area contributed by atoms with Crippen LogP contribution in [0.3, 0.4) is 0 Å². The Kier molecular flexibility index (Phi) is 6.11. The standard InChI is InChI=1S/C15H11I4NO4/c16-8-4-7(5-9(17)13(8)21)24-14-10(18)1-6(2-11(14)19)3-12(20)15(22)23/h1-2,4-5,12,21H,3,20H2,(H,22,23)/t12-/m0/s1/i12T/hT2. The second kappa shape index (κ2) is 8.85. The molecule has 0 saturated heterocycles. The van der Waals surface area contributed by atoms with E-state index in [-0.39, 0.29) is 17.9 Å². The monoisotopic (exact) mass is 783 g/mol. The molecule has 2 aromatic rings. The van der Waals surface area contributed by atoms with Crippen LogP contribution >= 0.6 is 90.4 Å². The van der Waals surface area contributed by atoms with Gasteiger partial charge in [0.25, 0.3) is 0 Å². The van der Waals surface area contributed by atoms with Gasteiger partial charge in [0, 0.05) is 0 Å². The average Bonchev–Trinajstić information content (AvgIpc) is 2.55. The van der Waals surface area contributed by atoms with Crippen molar-refractivity contribution < 1.29 is 23.9 Å². The molecule has 24 heavy (non-hydrogen) atoms. The molecule has 2 aromatic carbocycles. The van der Waals surface area contributed by atoms with Crippen LogP contribution in [0.4, 0.5) is 0 Å². The number of benzene rings is 2. The number of rotatable bonds is 6. The number of phenols is 1. The van der Waals surface area contributed by atoms with Gasteiger partial charge in [0.05, 0.1) is 15.7 Å². The Hall–Kier alpha value is 0.390. The Morgan fingerprint density at radius 1 is 1.17 bits per heavy atom. The van der Waals surface area contributed by atoms with Crippen LogP contribution < -0.4 is 10.5 Å². The smallest absolute Gasteiger partial charge is 0.320 e. The fourth-order valence-electron chi connectivity index (χ4n) is 1.80.